The van der Waals surface area contributed by atoms with Gasteiger partial charge in [0, 0.05) is 19.1 Å². The minimum atomic E-state index is -0.105. The van der Waals surface area contributed by atoms with E-state index in [-0.39, 0.29) is 11.9 Å². The fourth-order valence-corrected chi connectivity index (χ4v) is 3.15. The zero-order valence-electron chi connectivity index (χ0n) is 13.9. The van der Waals surface area contributed by atoms with E-state index >= 15 is 0 Å². The number of nitrogens with one attached hydrogen (secondary N) is 1. The van der Waals surface area contributed by atoms with Gasteiger partial charge in [-0.1, -0.05) is 38.8 Å². The molecule has 1 aliphatic carbocycles. The zero-order valence-corrected chi connectivity index (χ0v) is 13.9. The van der Waals surface area contributed by atoms with E-state index in [0.717, 1.165) is 18.0 Å². The first-order valence-electron chi connectivity index (χ1n) is 8.06. The predicted octanol–water partition coefficient (Wildman–Crippen LogP) is 3.21. The molecule has 116 valence electrons. The van der Waals surface area contributed by atoms with Crippen LogP contribution in [0.5, 0.6) is 0 Å². The Morgan fingerprint density at radius 3 is 2.60 bits per heavy atom. The Bertz CT molecular complexity index is 340. The first-order chi connectivity index (χ1) is 9.36. The van der Waals surface area contributed by atoms with Crippen LogP contribution in [0.2, 0.25) is 0 Å². The zero-order chi connectivity index (χ0) is 15.3. The molecule has 1 aliphatic rings. The Kier molecular flexibility index (Phi) is 6.74. The summed E-state index contributed by atoms with van der Waals surface area (Å²) in [4.78, 5) is 14.4. The second-order valence-electron chi connectivity index (χ2n) is 6.57. The second-order valence-corrected chi connectivity index (χ2v) is 6.57. The van der Waals surface area contributed by atoms with Crippen LogP contribution in [0.15, 0.2) is 12.2 Å². The molecule has 0 aromatic rings. The van der Waals surface area contributed by atoms with Gasteiger partial charge in [0.25, 0.3) is 0 Å². The number of hydrogen-bond donors (Lipinski definition) is 1. The maximum Gasteiger partial charge on any atom is 0.239 e. The van der Waals surface area contributed by atoms with E-state index in [0.29, 0.717) is 18.5 Å². The molecule has 1 saturated carbocycles. The lowest BCUT2D eigenvalue weighted by atomic mass is 9.78. The van der Waals surface area contributed by atoms with E-state index in [1.165, 1.54) is 19.3 Å². The minimum absolute atomic E-state index is 0.105. The summed E-state index contributed by atoms with van der Waals surface area (Å²) >= 11 is 0. The van der Waals surface area contributed by atoms with Gasteiger partial charge in [-0.15, -0.1) is 0 Å². The van der Waals surface area contributed by atoms with E-state index in [1.54, 1.807) is 0 Å². The van der Waals surface area contributed by atoms with Gasteiger partial charge in [0.2, 0.25) is 5.91 Å². The Balaban J connectivity index is 2.57. The van der Waals surface area contributed by atoms with Crippen molar-refractivity contribution >= 4 is 5.91 Å². The van der Waals surface area contributed by atoms with Crippen molar-refractivity contribution in [3.63, 3.8) is 0 Å². The van der Waals surface area contributed by atoms with Gasteiger partial charge in [0.1, 0.15) is 0 Å². The number of carbonyl (C=O) groups is 1. The van der Waals surface area contributed by atoms with Crippen molar-refractivity contribution in [3.8, 4) is 0 Å². The summed E-state index contributed by atoms with van der Waals surface area (Å²) in [6.07, 6.45) is 3.78. The van der Waals surface area contributed by atoms with Crippen LogP contribution in [-0.4, -0.2) is 36.0 Å². The summed E-state index contributed by atoms with van der Waals surface area (Å²) in [7, 11) is 0. The topological polar surface area (TPSA) is 32.3 Å². The van der Waals surface area contributed by atoms with Crippen LogP contribution < -0.4 is 5.32 Å². The van der Waals surface area contributed by atoms with Crippen molar-refractivity contribution in [1.82, 2.24) is 10.2 Å². The standard InChI is InChI=1S/C17H32N2O/c1-7-19(11-12(2)3)17(20)15(6)18-16-10-8-9-13(4)14(16)5/h13-16,18H,2,7-11H2,1,3-6H3. The van der Waals surface area contributed by atoms with Crippen molar-refractivity contribution in [2.45, 2.75) is 66.0 Å². The SMILES string of the molecule is C=C(C)CN(CC)C(=O)C(C)NC1CCCC(C)C1C. The van der Waals surface area contributed by atoms with Gasteiger partial charge in [-0.2, -0.15) is 0 Å². The molecule has 0 spiro atoms. The van der Waals surface area contributed by atoms with Crippen LogP contribution >= 0.6 is 0 Å². The first kappa shape index (κ1) is 17.2. The molecule has 20 heavy (non-hydrogen) atoms. The molecule has 4 unspecified atom stereocenters. The lowest BCUT2D eigenvalue weighted by molar-refractivity contribution is -0.132. The van der Waals surface area contributed by atoms with Gasteiger partial charge in [-0.25, -0.2) is 0 Å². The van der Waals surface area contributed by atoms with Gasteiger partial charge >= 0.3 is 0 Å². The van der Waals surface area contributed by atoms with Gasteiger partial charge in [-0.3, -0.25) is 4.79 Å². The molecule has 0 aliphatic heterocycles. The molecule has 0 radical (unpaired) electrons. The van der Waals surface area contributed by atoms with Crippen LogP contribution in [0.4, 0.5) is 0 Å². The summed E-state index contributed by atoms with van der Waals surface area (Å²) in [6, 6.07) is 0.369. The summed E-state index contributed by atoms with van der Waals surface area (Å²) in [5, 5.41) is 3.57. The smallest absolute Gasteiger partial charge is 0.239 e. The molecule has 3 nitrogen and oxygen atoms in total. The number of amides is 1. The van der Waals surface area contributed by atoms with Crippen molar-refractivity contribution in [2.75, 3.05) is 13.1 Å². The van der Waals surface area contributed by atoms with Crippen LogP contribution in [-0.2, 0) is 4.79 Å². The monoisotopic (exact) mass is 280 g/mol. The number of nitrogens with zero attached hydrogens (tertiary/aromatic N) is 1. The molecule has 1 fully saturated rings. The highest BCUT2D eigenvalue weighted by Crippen LogP contribution is 2.29. The Labute approximate surface area is 124 Å². The van der Waals surface area contributed by atoms with Crippen LogP contribution in [0.3, 0.4) is 0 Å². The maximum atomic E-state index is 12.5. The highest BCUT2D eigenvalue weighted by Gasteiger charge is 2.30. The molecule has 3 heteroatoms. The number of hydrogen-bond acceptors (Lipinski definition) is 2. The summed E-state index contributed by atoms with van der Waals surface area (Å²) in [5.41, 5.74) is 1.03. The molecule has 1 N–H and O–H groups in total. The number of likely N-dealkylation sites (N-methyl/N-ethyl adjacent to an activating group) is 1. The highest BCUT2D eigenvalue weighted by atomic mass is 16.2. The quantitative estimate of drug-likeness (QED) is 0.758. The lowest BCUT2D eigenvalue weighted by Crippen LogP contribution is -2.51. The van der Waals surface area contributed by atoms with Crippen LogP contribution in [0.25, 0.3) is 0 Å². The second kappa shape index (κ2) is 7.82. The molecule has 0 aromatic carbocycles. The van der Waals surface area contributed by atoms with E-state index < -0.39 is 0 Å². The molecule has 0 aromatic heterocycles. The van der Waals surface area contributed by atoms with Crippen LogP contribution in [0.1, 0.15) is 53.9 Å². The third kappa shape index (κ3) is 4.62. The molecular formula is C17H32N2O. The molecule has 1 amide bonds. The van der Waals surface area contributed by atoms with E-state index in [9.17, 15) is 4.79 Å². The Morgan fingerprint density at radius 1 is 1.40 bits per heavy atom. The highest BCUT2D eigenvalue weighted by molar-refractivity contribution is 5.81. The molecule has 0 heterocycles. The fourth-order valence-electron chi connectivity index (χ4n) is 3.15. The maximum absolute atomic E-state index is 12.5. The van der Waals surface area contributed by atoms with Gasteiger partial charge < -0.3 is 10.2 Å². The molecule has 0 saturated heterocycles. The number of rotatable bonds is 6. The normalized spacial score (nSPS) is 27.9. The van der Waals surface area contributed by atoms with Crippen molar-refractivity contribution in [2.24, 2.45) is 11.8 Å². The summed E-state index contributed by atoms with van der Waals surface area (Å²) < 4.78 is 0. The first-order valence-corrected chi connectivity index (χ1v) is 8.06. The molecule has 1 rings (SSSR count). The van der Waals surface area contributed by atoms with Gasteiger partial charge in [-0.05, 0) is 39.0 Å². The molecule has 0 bridgehead atoms. The van der Waals surface area contributed by atoms with E-state index in [4.69, 9.17) is 0 Å². The van der Waals surface area contributed by atoms with E-state index in [2.05, 4.69) is 25.7 Å². The predicted molar refractivity (Wildman–Crippen MR) is 85.6 cm³/mol. The fraction of sp³-hybridized carbons (Fsp3) is 0.824. The third-order valence-electron chi connectivity index (χ3n) is 4.70. The summed E-state index contributed by atoms with van der Waals surface area (Å²) in [6.45, 7) is 15.9. The van der Waals surface area contributed by atoms with Gasteiger partial charge in [0.15, 0.2) is 0 Å². The number of carbonyl (C=O) groups excluding carboxylic acids is 1. The van der Waals surface area contributed by atoms with E-state index in [1.807, 2.05) is 25.7 Å². The molecule has 4 atom stereocenters. The van der Waals surface area contributed by atoms with Crippen molar-refractivity contribution < 1.29 is 4.79 Å². The third-order valence-corrected chi connectivity index (χ3v) is 4.70. The van der Waals surface area contributed by atoms with Crippen LogP contribution in [0, 0.1) is 11.8 Å². The summed E-state index contributed by atoms with van der Waals surface area (Å²) in [5.74, 6) is 1.59. The average Bonchev–Trinajstić information content (AvgIpc) is 2.40. The Morgan fingerprint density at radius 2 is 2.05 bits per heavy atom. The minimum Gasteiger partial charge on any atom is -0.338 e. The lowest BCUT2D eigenvalue weighted by Gasteiger charge is -2.37. The van der Waals surface area contributed by atoms with Crippen molar-refractivity contribution in [3.05, 3.63) is 12.2 Å². The largest absolute Gasteiger partial charge is 0.338 e. The average molecular weight is 280 g/mol. The van der Waals surface area contributed by atoms with Crippen molar-refractivity contribution in [1.29, 1.82) is 0 Å². The van der Waals surface area contributed by atoms with Gasteiger partial charge in [0.05, 0.1) is 6.04 Å². The molecular weight excluding hydrogens is 248 g/mol. The Hall–Kier alpha value is -0.830.